The van der Waals surface area contributed by atoms with Gasteiger partial charge in [-0.1, -0.05) is 6.07 Å². The van der Waals surface area contributed by atoms with E-state index < -0.39 is 44.6 Å². The molecule has 0 fully saturated rings. The molecule has 3 heterocycles. The second-order valence-electron chi connectivity index (χ2n) is 8.10. The molecule has 3 aromatic heterocycles. The molecular formula is C23H23F2N7O3S. The molecule has 0 aliphatic carbocycles. The summed E-state index contributed by atoms with van der Waals surface area (Å²) in [5.74, 6) is -2.21. The summed E-state index contributed by atoms with van der Waals surface area (Å²) in [6.07, 6.45) is 3.54. The van der Waals surface area contributed by atoms with Gasteiger partial charge in [-0.3, -0.25) is 14.3 Å². The van der Waals surface area contributed by atoms with Crippen LogP contribution in [0, 0.1) is 25.5 Å². The molecule has 0 amide bonds. The minimum atomic E-state index is -4.26. The summed E-state index contributed by atoms with van der Waals surface area (Å²) in [5.41, 5.74) is 1.28. The standard InChI is InChI=1S/C23H23F2N7O3S/c1-13-8-9-26-18(10-13)22-29-30-23(32(22)19-16(24)6-5-7-17(19)25)31-36(33,34)15(3)20(35-4)21-27-11-14(2)12-28-21/h5-12,15,20H,1-4H3,(H,30,31)/t15-,20-/m0/s1. The number of methoxy groups -OCH3 is 1. The molecule has 0 aliphatic rings. The highest BCUT2D eigenvalue weighted by atomic mass is 32.2. The van der Waals surface area contributed by atoms with Crippen LogP contribution in [-0.2, 0) is 14.8 Å². The minimum absolute atomic E-state index is 0.0572. The third-order valence-electron chi connectivity index (χ3n) is 5.43. The number of pyridine rings is 1. The number of hydrogen-bond acceptors (Lipinski definition) is 8. The Bertz CT molecular complexity index is 1470. The fourth-order valence-corrected chi connectivity index (χ4v) is 4.66. The smallest absolute Gasteiger partial charge is 0.243 e. The van der Waals surface area contributed by atoms with Crippen molar-refractivity contribution < 1.29 is 21.9 Å². The largest absolute Gasteiger partial charge is 0.372 e. The van der Waals surface area contributed by atoms with Gasteiger partial charge in [-0.25, -0.2) is 27.2 Å². The molecule has 0 unspecified atom stereocenters. The van der Waals surface area contributed by atoms with Crippen LogP contribution >= 0.6 is 0 Å². The Labute approximate surface area is 206 Å². The van der Waals surface area contributed by atoms with Gasteiger partial charge in [-0.2, -0.15) is 0 Å². The van der Waals surface area contributed by atoms with Gasteiger partial charge >= 0.3 is 0 Å². The Hall–Kier alpha value is -3.84. The first-order chi connectivity index (χ1) is 17.1. The van der Waals surface area contributed by atoms with Gasteiger partial charge in [0.05, 0.1) is 0 Å². The van der Waals surface area contributed by atoms with Crippen LogP contribution in [0.1, 0.15) is 30.0 Å². The van der Waals surface area contributed by atoms with E-state index in [1.165, 1.54) is 26.3 Å². The lowest BCUT2D eigenvalue weighted by atomic mass is 10.2. The molecule has 36 heavy (non-hydrogen) atoms. The number of benzene rings is 1. The zero-order valence-electron chi connectivity index (χ0n) is 19.8. The van der Waals surface area contributed by atoms with Crippen LogP contribution in [0.25, 0.3) is 17.2 Å². The SMILES string of the molecule is CO[C@H](c1ncc(C)cn1)[C@H](C)S(=O)(=O)Nc1nnc(-c2cc(C)ccn2)n1-c1c(F)cccc1F. The predicted molar refractivity (Wildman–Crippen MR) is 128 cm³/mol. The Morgan fingerprint density at radius 1 is 1.00 bits per heavy atom. The predicted octanol–water partition coefficient (Wildman–Crippen LogP) is 3.53. The molecule has 13 heteroatoms. The van der Waals surface area contributed by atoms with E-state index in [0.717, 1.165) is 27.8 Å². The van der Waals surface area contributed by atoms with E-state index >= 15 is 0 Å². The summed E-state index contributed by atoms with van der Waals surface area (Å²) in [5, 5.41) is 6.67. The fraction of sp³-hybridized carbons (Fsp3) is 0.261. The normalized spacial score (nSPS) is 13.4. The van der Waals surface area contributed by atoms with E-state index in [1.807, 2.05) is 0 Å². The topological polar surface area (TPSA) is 125 Å². The maximum Gasteiger partial charge on any atom is 0.243 e. The second kappa shape index (κ2) is 10.0. The Balaban J connectivity index is 1.80. The molecule has 0 spiro atoms. The molecule has 4 rings (SSSR count). The Morgan fingerprint density at radius 3 is 2.28 bits per heavy atom. The van der Waals surface area contributed by atoms with Crippen molar-refractivity contribution in [1.82, 2.24) is 29.7 Å². The van der Waals surface area contributed by atoms with E-state index in [9.17, 15) is 17.2 Å². The lowest BCUT2D eigenvalue weighted by Crippen LogP contribution is -2.33. The zero-order valence-corrected chi connectivity index (χ0v) is 20.7. The van der Waals surface area contributed by atoms with Crippen LogP contribution < -0.4 is 4.72 Å². The number of para-hydroxylation sites is 1. The molecule has 0 radical (unpaired) electrons. The fourth-order valence-electron chi connectivity index (χ4n) is 3.53. The van der Waals surface area contributed by atoms with Crippen molar-refractivity contribution in [3.8, 4) is 17.2 Å². The van der Waals surface area contributed by atoms with E-state index in [2.05, 4.69) is 29.9 Å². The van der Waals surface area contributed by atoms with Gasteiger partial charge in [0, 0.05) is 25.7 Å². The van der Waals surface area contributed by atoms with Crippen LogP contribution in [0.2, 0.25) is 0 Å². The maximum absolute atomic E-state index is 14.8. The molecule has 188 valence electrons. The number of rotatable bonds is 8. The number of nitrogens with zero attached hydrogens (tertiary/aromatic N) is 6. The third kappa shape index (κ3) is 4.93. The Kier molecular flexibility index (Phi) is 7.04. The van der Waals surface area contributed by atoms with Crippen LogP contribution in [0.4, 0.5) is 14.7 Å². The zero-order chi connectivity index (χ0) is 26.0. The number of hydrogen-bond donors (Lipinski definition) is 1. The molecule has 0 aliphatic heterocycles. The molecule has 1 aromatic carbocycles. The molecule has 2 atom stereocenters. The quantitative estimate of drug-likeness (QED) is 0.378. The van der Waals surface area contributed by atoms with Crippen molar-refractivity contribution >= 4 is 16.0 Å². The number of aromatic nitrogens is 6. The van der Waals surface area contributed by atoms with Crippen molar-refractivity contribution in [3.63, 3.8) is 0 Å². The van der Waals surface area contributed by atoms with Crippen LogP contribution in [0.5, 0.6) is 0 Å². The summed E-state index contributed by atoms with van der Waals surface area (Å²) in [7, 11) is -2.93. The van der Waals surface area contributed by atoms with E-state index in [1.54, 1.807) is 38.4 Å². The highest BCUT2D eigenvalue weighted by molar-refractivity contribution is 7.93. The molecule has 1 N–H and O–H groups in total. The maximum atomic E-state index is 14.8. The van der Waals surface area contributed by atoms with Gasteiger partial charge in [-0.15, -0.1) is 10.2 Å². The van der Waals surface area contributed by atoms with E-state index in [0.29, 0.717) is 0 Å². The number of nitrogens with one attached hydrogen (secondary N) is 1. The van der Waals surface area contributed by atoms with Crippen LogP contribution in [-0.4, -0.2) is 50.5 Å². The van der Waals surface area contributed by atoms with E-state index in [4.69, 9.17) is 4.74 Å². The second-order valence-corrected chi connectivity index (χ2v) is 10.1. The van der Waals surface area contributed by atoms with Crippen molar-refractivity contribution in [2.75, 3.05) is 11.8 Å². The van der Waals surface area contributed by atoms with Gasteiger partial charge < -0.3 is 4.74 Å². The van der Waals surface area contributed by atoms with Crippen molar-refractivity contribution in [3.05, 3.63) is 77.5 Å². The number of sulfonamides is 1. The molecule has 10 nitrogen and oxygen atoms in total. The molecule has 0 saturated heterocycles. The average Bonchev–Trinajstić information content (AvgIpc) is 3.23. The highest BCUT2D eigenvalue weighted by Gasteiger charge is 2.35. The summed E-state index contributed by atoms with van der Waals surface area (Å²) in [6.45, 7) is 4.99. The molecular weight excluding hydrogens is 492 g/mol. The van der Waals surface area contributed by atoms with Gasteiger partial charge in [0.1, 0.15) is 34.4 Å². The van der Waals surface area contributed by atoms with Crippen molar-refractivity contribution in [1.29, 1.82) is 0 Å². The summed E-state index contributed by atoms with van der Waals surface area (Å²) in [6, 6.07) is 6.65. The van der Waals surface area contributed by atoms with E-state index in [-0.39, 0.29) is 17.3 Å². The summed E-state index contributed by atoms with van der Waals surface area (Å²) in [4.78, 5) is 12.5. The van der Waals surface area contributed by atoms with Gasteiger partial charge in [-0.05, 0) is 56.2 Å². The molecule has 4 aromatic rings. The van der Waals surface area contributed by atoms with Crippen LogP contribution in [0.3, 0.4) is 0 Å². The van der Waals surface area contributed by atoms with Crippen molar-refractivity contribution in [2.24, 2.45) is 0 Å². The van der Waals surface area contributed by atoms with Gasteiger partial charge in [0.15, 0.2) is 11.6 Å². The first-order valence-electron chi connectivity index (χ1n) is 10.8. The summed E-state index contributed by atoms with van der Waals surface area (Å²) < 4.78 is 65.1. The van der Waals surface area contributed by atoms with Crippen LogP contribution in [0.15, 0.2) is 48.9 Å². The summed E-state index contributed by atoms with van der Waals surface area (Å²) >= 11 is 0. The van der Waals surface area contributed by atoms with Gasteiger partial charge in [0.25, 0.3) is 0 Å². The lowest BCUT2D eigenvalue weighted by molar-refractivity contribution is 0.0949. The highest BCUT2D eigenvalue weighted by Crippen LogP contribution is 2.30. The monoisotopic (exact) mass is 515 g/mol. The number of halogens is 2. The first-order valence-corrected chi connectivity index (χ1v) is 12.3. The minimum Gasteiger partial charge on any atom is -0.372 e. The number of anilines is 1. The van der Waals surface area contributed by atoms with Gasteiger partial charge in [0.2, 0.25) is 16.0 Å². The average molecular weight is 516 g/mol. The molecule has 0 bridgehead atoms. The molecule has 0 saturated carbocycles. The number of aryl methyl sites for hydroxylation is 2. The number of ether oxygens (including phenoxy) is 1. The lowest BCUT2D eigenvalue weighted by Gasteiger charge is -2.22. The third-order valence-corrected chi connectivity index (χ3v) is 7.12. The van der Waals surface area contributed by atoms with Crippen molar-refractivity contribution in [2.45, 2.75) is 32.1 Å². The first kappa shape index (κ1) is 25.3. The Morgan fingerprint density at radius 2 is 1.67 bits per heavy atom.